The number of benzene rings is 2. The van der Waals surface area contributed by atoms with E-state index in [1.54, 1.807) is 0 Å². The van der Waals surface area contributed by atoms with E-state index in [1.807, 2.05) is 24.3 Å². The molecule has 0 radical (unpaired) electrons. The van der Waals surface area contributed by atoms with E-state index >= 15 is 0 Å². The minimum atomic E-state index is -3.60. The highest BCUT2D eigenvalue weighted by atomic mass is 32.2. The highest BCUT2D eigenvalue weighted by molar-refractivity contribution is 7.89. The highest BCUT2D eigenvalue weighted by Gasteiger charge is 2.14. The van der Waals surface area contributed by atoms with Crippen LogP contribution in [0.5, 0.6) is 5.75 Å². The molecule has 0 aliphatic rings. The lowest BCUT2D eigenvalue weighted by atomic mass is 9.87. The maximum absolute atomic E-state index is 12.2. The molecule has 2 N–H and O–H groups in total. The van der Waals surface area contributed by atoms with Gasteiger partial charge in [0.2, 0.25) is 10.0 Å². The predicted octanol–water partition coefficient (Wildman–Crippen LogP) is 3.26. The van der Waals surface area contributed by atoms with E-state index in [4.69, 9.17) is 4.74 Å². The van der Waals surface area contributed by atoms with E-state index in [1.165, 1.54) is 35.9 Å². The molecule has 0 spiro atoms. The van der Waals surface area contributed by atoms with Crippen LogP contribution in [0.1, 0.15) is 36.7 Å². The van der Waals surface area contributed by atoms with Crippen LogP contribution in [0.25, 0.3) is 0 Å². The molecule has 29 heavy (non-hydrogen) atoms. The Morgan fingerprint density at radius 3 is 2.24 bits per heavy atom. The Kier molecular flexibility index (Phi) is 7.59. The molecule has 6 nitrogen and oxygen atoms in total. The lowest BCUT2D eigenvalue weighted by Crippen LogP contribution is -2.28. The number of hydrogen-bond acceptors (Lipinski definition) is 4. The fourth-order valence-corrected chi connectivity index (χ4v) is 3.52. The fraction of sp³-hybridized carbons (Fsp3) is 0.318. The van der Waals surface area contributed by atoms with Gasteiger partial charge in [-0.2, -0.15) is 0 Å². The number of hydrogen-bond donors (Lipinski definition) is 2. The molecule has 156 valence electrons. The van der Waals surface area contributed by atoms with Crippen LogP contribution in [0, 0.1) is 0 Å². The van der Waals surface area contributed by atoms with E-state index in [2.05, 4.69) is 37.4 Å². The first kappa shape index (κ1) is 22.6. The Morgan fingerprint density at radius 1 is 1.07 bits per heavy atom. The number of ether oxygens (including phenoxy) is 1. The van der Waals surface area contributed by atoms with E-state index in [0.29, 0.717) is 18.7 Å². The number of rotatable bonds is 9. The molecular formula is C22H28N2O4S. The van der Waals surface area contributed by atoms with Gasteiger partial charge in [0.15, 0.2) is 0 Å². The third-order valence-electron chi connectivity index (χ3n) is 4.22. The Bertz CT molecular complexity index is 928. The first-order chi connectivity index (χ1) is 13.6. The van der Waals surface area contributed by atoms with Crippen LogP contribution in [-0.4, -0.2) is 34.0 Å². The summed E-state index contributed by atoms with van der Waals surface area (Å²) >= 11 is 0. The molecule has 0 saturated carbocycles. The standard InChI is InChI=1S/C22H28N2O4S/c1-5-14-24-29(26,27)20-12-6-17(7-13-20)21(25)23-15-16-28-19-10-8-18(9-11-19)22(2,3)4/h5-13,24H,1,14-16H2,2-4H3,(H,23,25). The summed E-state index contributed by atoms with van der Waals surface area (Å²) in [6.07, 6.45) is 1.46. The lowest BCUT2D eigenvalue weighted by molar-refractivity contribution is 0.0947. The van der Waals surface area contributed by atoms with Gasteiger partial charge in [-0.1, -0.05) is 39.0 Å². The van der Waals surface area contributed by atoms with Gasteiger partial charge < -0.3 is 10.1 Å². The van der Waals surface area contributed by atoms with E-state index in [9.17, 15) is 13.2 Å². The van der Waals surface area contributed by atoms with Crippen LogP contribution in [0.2, 0.25) is 0 Å². The lowest BCUT2D eigenvalue weighted by Gasteiger charge is -2.19. The average Bonchev–Trinajstić information content (AvgIpc) is 2.69. The fourth-order valence-electron chi connectivity index (χ4n) is 2.52. The van der Waals surface area contributed by atoms with Gasteiger partial charge in [0.05, 0.1) is 11.4 Å². The molecule has 1 amide bonds. The van der Waals surface area contributed by atoms with Gasteiger partial charge in [-0.05, 0) is 47.4 Å². The van der Waals surface area contributed by atoms with Crippen molar-refractivity contribution in [3.63, 3.8) is 0 Å². The van der Waals surface area contributed by atoms with Crippen molar-refractivity contribution in [1.29, 1.82) is 0 Å². The number of nitrogens with one attached hydrogen (secondary N) is 2. The van der Waals surface area contributed by atoms with Crippen LogP contribution in [0.3, 0.4) is 0 Å². The van der Waals surface area contributed by atoms with Gasteiger partial charge in [-0.15, -0.1) is 6.58 Å². The minimum Gasteiger partial charge on any atom is -0.492 e. The Hall–Kier alpha value is -2.64. The van der Waals surface area contributed by atoms with Crippen molar-refractivity contribution in [3.8, 4) is 5.75 Å². The summed E-state index contributed by atoms with van der Waals surface area (Å²) < 4.78 is 32.1. The summed E-state index contributed by atoms with van der Waals surface area (Å²) in [4.78, 5) is 12.3. The molecule has 0 heterocycles. The second kappa shape index (κ2) is 9.71. The van der Waals surface area contributed by atoms with Gasteiger partial charge in [0.1, 0.15) is 12.4 Å². The molecule has 7 heteroatoms. The summed E-state index contributed by atoms with van der Waals surface area (Å²) in [5, 5.41) is 2.76. The number of amides is 1. The predicted molar refractivity (Wildman–Crippen MR) is 115 cm³/mol. The molecular weight excluding hydrogens is 388 g/mol. The smallest absolute Gasteiger partial charge is 0.251 e. The summed E-state index contributed by atoms with van der Waals surface area (Å²) in [7, 11) is -3.60. The van der Waals surface area contributed by atoms with Crippen molar-refractivity contribution in [1.82, 2.24) is 10.0 Å². The van der Waals surface area contributed by atoms with Crippen LogP contribution in [0.15, 0.2) is 66.1 Å². The molecule has 0 aliphatic heterocycles. The first-order valence-corrected chi connectivity index (χ1v) is 10.8. The first-order valence-electron chi connectivity index (χ1n) is 9.35. The maximum Gasteiger partial charge on any atom is 0.251 e. The molecule has 2 aromatic rings. The molecule has 2 rings (SSSR count). The molecule has 0 aliphatic carbocycles. The second-order valence-electron chi connectivity index (χ2n) is 7.54. The molecule has 0 aromatic heterocycles. The maximum atomic E-state index is 12.2. The van der Waals surface area contributed by atoms with Crippen molar-refractivity contribution < 1.29 is 17.9 Å². The molecule has 0 atom stereocenters. The largest absolute Gasteiger partial charge is 0.492 e. The SMILES string of the molecule is C=CCNS(=O)(=O)c1ccc(C(=O)NCCOc2ccc(C(C)(C)C)cc2)cc1. The zero-order valence-corrected chi connectivity index (χ0v) is 17.9. The van der Waals surface area contributed by atoms with E-state index in [-0.39, 0.29) is 22.8 Å². The summed E-state index contributed by atoms with van der Waals surface area (Å²) in [5.74, 6) is 0.452. The van der Waals surface area contributed by atoms with Gasteiger partial charge in [0, 0.05) is 12.1 Å². The van der Waals surface area contributed by atoms with E-state index in [0.717, 1.165) is 5.75 Å². The monoisotopic (exact) mass is 416 g/mol. The van der Waals surface area contributed by atoms with Crippen LogP contribution >= 0.6 is 0 Å². The Morgan fingerprint density at radius 2 is 1.69 bits per heavy atom. The Labute approximate surface area is 173 Å². The van der Waals surface area contributed by atoms with Crippen LogP contribution < -0.4 is 14.8 Å². The van der Waals surface area contributed by atoms with Crippen molar-refractivity contribution in [2.45, 2.75) is 31.1 Å². The molecule has 0 saturated heterocycles. The van der Waals surface area contributed by atoms with E-state index < -0.39 is 10.0 Å². The van der Waals surface area contributed by atoms with Crippen molar-refractivity contribution in [2.75, 3.05) is 19.7 Å². The van der Waals surface area contributed by atoms with Gasteiger partial charge in [-0.25, -0.2) is 13.1 Å². The zero-order valence-electron chi connectivity index (χ0n) is 17.1. The van der Waals surface area contributed by atoms with Crippen molar-refractivity contribution in [3.05, 3.63) is 72.3 Å². The number of carbonyl (C=O) groups excluding carboxylic acids is 1. The normalized spacial score (nSPS) is 11.7. The minimum absolute atomic E-state index is 0.0864. The molecule has 0 fully saturated rings. The summed E-state index contributed by atoms with van der Waals surface area (Å²) in [6.45, 7) is 10.7. The highest BCUT2D eigenvalue weighted by Crippen LogP contribution is 2.24. The topological polar surface area (TPSA) is 84.5 Å². The third-order valence-corrected chi connectivity index (χ3v) is 5.66. The Balaban J connectivity index is 1.83. The number of sulfonamides is 1. The van der Waals surface area contributed by atoms with Crippen molar-refractivity contribution >= 4 is 15.9 Å². The van der Waals surface area contributed by atoms with Crippen molar-refractivity contribution in [2.24, 2.45) is 0 Å². The molecule has 2 aromatic carbocycles. The molecule has 0 bridgehead atoms. The van der Waals surface area contributed by atoms with Crippen LogP contribution in [-0.2, 0) is 15.4 Å². The zero-order chi connectivity index (χ0) is 21.5. The summed E-state index contributed by atoms with van der Waals surface area (Å²) in [5.41, 5.74) is 1.69. The number of carbonyl (C=O) groups is 1. The third kappa shape index (κ3) is 6.73. The quantitative estimate of drug-likeness (QED) is 0.485. The average molecular weight is 417 g/mol. The van der Waals surface area contributed by atoms with Gasteiger partial charge in [-0.3, -0.25) is 4.79 Å². The van der Waals surface area contributed by atoms with Gasteiger partial charge in [0.25, 0.3) is 5.91 Å². The molecule has 0 unspecified atom stereocenters. The van der Waals surface area contributed by atoms with Crippen LogP contribution in [0.4, 0.5) is 0 Å². The summed E-state index contributed by atoms with van der Waals surface area (Å²) in [6, 6.07) is 13.7. The second-order valence-corrected chi connectivity index (χ2v) is 9.31. The van der Waals surface area contributed by atoms with Gasteiger partial charge >= 0.3 is 0 Å².